The Bertz CT molecular complexity index is 676. The lowest BCUT2D eigenvalue weighted by Crippen LogP contribution is -2.32. The lowest BCUT2D eigenvalue weighted by Gasteiger charge is -2.14. The zero-order valence-electron chi connectivity index (χ0n) is 11.8. The first-order chi connectivity index (χ1) is 9.43. The van der Waals surface area contributed by atoms with Gasteiger partial charge >= 0.3 is 5.97 Å². The van der Waals surface area contributed by atoms with E-state index in [1.807, 2.05) is 18.2 Å². The number of carbonyl (C=O) groups is 2. The fraction of sp³-hybridized carbons (Fsp3) is 0.357. The topological polar surface area (TPSA) is 74.9 Å². The fourth-order valence-corrected chi connectivity index (χ4v) is 2.17. The third-order valence-electron chi connectivity index (χ3n) is 3.26. The predicted molar refractivity (Wildman–Crippen MR) is 73.9 cm³/mol. The molecular weight excluding hydrogens is 258 g/mol. The average Bonchev–Trinajstić information content (AvgIpc) is 2.73. The van der Waals surface area contributed by atoms with Crippen LogP contribution in [0, 0.1) is 6.92 Å². The monoisotopic (exact) mass is 275 g/mol. The molecule has 2 heterocycles. The van der Waals surface area contributed by atoms with Crippen molar-refractivity contribution in [3.8, 4) is 0 Å². The highest BCUT2D eigenvalue weighted by Gasteiger charge is 2.16. The molecule has 0 bridgehead atoms. The number of nitrogens with zero attached hydrogens (tertiary/aromatic N) is 3. The zero-order chi connectivity index (χ0) is 14.9. The summed E-state index contributed by atoms with van der Waals surface area (Å²) in [4.78, 5) is 28.4. The van der Waals surface area contributed by atoms with Crippen LogP contribution in [0.4, 0.5) is 0 Å². The second-order valence-electron chi connectivity index (χ2n) is 4.70. The number of aliphatic carboxylic acids is 1. The van der Waals surface area contributed by atoms with Gasteiger partial charge in [-0.1, -0.05) is 6.92 Å². The number of hydrogen-bond donors (Lipinski definition) is 1. The molecule has 0 fully saturated rings. The van der Waals surface area contributed by atoms with Gasteiger partial charge < -0.3 is 14.4 Å². The predicted octanol–water partition coefficient (Wildman–Crippen LogP) is 1.36. The van der Waals surface area contributed by atoms with E-state index in [4.69, 9.17) is 5.11 Å². The van der Waals surface area contributed by atoms with Crippen LogP contribution >= 0.6 is 0 Å². The molecule has 1 N–H and O–H groups in total. The summed E-state index contributed by atoms with van der Waals surface area (Å²) in [6.07, 6.45) is 2.53. The van der Waals surface area contributed by atoms with Gasteiger partial charge in [-0.15, -0.1) is 0 Å². The Balaban J connectivity index is 2.38. The highest BCUT2D eigenvalue weighted by Crippen LogP contribution is 2.14. The third kappa shape index (κ3) is 2.49. The third-order valence-corrected chi connectivity index (χ3v) is 3.26. The molecule has 2 rings (SSSR count). The molecular formula is C14H17N3O3. The number of amides is 1. The summed E-state index contributed by atoms with van der Waals surface area (Å²) in [5, 5.41) is 8.72. The average molecular weight is 275 g/mol. The molecule has 0 spiro atoms. The van der Waals surface area contributed by atoms with Gasteiger partial charge in [-0.2, -0.15) is 0 Å². The summed E-state index contributed by atoms with van der Waals surface area (Å²) < 4.78 is 1.86. The summed E-state index contributed by atoms with van der Waals surface area (Å²) in [7, 11) is 1.47. The summed E-state index contributed by atoms with van der Waals surface area (Å²) in [6.45, 7) is 3.66. The Kier molecular flexibility index (Phi) is 3.74. The van der Waals surface area contributed by atoms with Crippen molar-refractivity contribution in [2.24, 2.45) is 0 Å². The van der Waals surface area contributed by atoms with Gasteiger partial charge in [0.05, 0.1) is 11.3 Å². The van der Waals surface area contributed by atoms with E-state index in [1.165, 1.54) is 11.9 Å². The number of aromatic nitrogens is 2. The van der Waals surface area contributed by atoms with Crippen LogP contribution in [0.25, 0.3) is 5.65 Å². The van der Waals surface area contributed by atoms with E-state index in [1.54, 1.807) is 18.3 Å². The number of aryl methyl sites for hydroxylation is 2. The number of imidazole rings is 1. The number of likely N-dealkylation sites (N-methyl/N-ethyl adjacent to an activating group) is 1. The van der Waals surface area contributed by atoms with Gasteiger partial charge in [0.15, 0.2) is 0 Å². The lowest BCUT2D eigenvalue weighted by molar-refractivity contribution is -0.137. The van der Waals surface area contributed by atoms with Gasteiger partial charge in [0.1, 0.15) is 12.2 Å². The van der Waals surface area contributed by atoms with Crippen LogP contribution in [0.5, 0.6) is 0 Å². The van der Waals surface area contributed by atoms with Crippen LogP contribution in [-0.2, 0) is 11.2 Å². The van der Waals surface area contributed by atoms with E-state index < -0.39 is 5.97 Å². The van der Waals surface area contributed by atoms with E-state index in [2.05, 4.69) is 4.98 Å². The van der Waals surface area contributed by atoms with Crippen LogP contribution in [-0.4, -0.2) is 44.9 Å². The van der Waals surface area contributed by atoms with Gasteiger partial charge in [-0.05, 0) is 25.5 Å². The van der Waals surface area contributed by atoms with Crippen molar-refractivity contribution < 1.29 is 14.7 Å². The van der Waals surface area contributed by atoms with Gasteiger partial charge in [-0.3, -0.25) is 9.59 Å². The highest BCUT2D eigenvalue weighted by molar-refractivity contribution is 5.95. The molecule has 0 aliphatic rings. The molecule has 2 aromatic heterocycles. The Morgan fingerprint density at radius 1 is 1.40 bits per heavy atom. The van der Waals surface area contributed by atoms with E-state index in [9.17, 15) is 9.59 Å². The first-order valence-corrected chi connectivity index (χ1v) is 6.39. The van der Waals surface area contributed by atoms with Crippen molar-refractivity contribution in [1.29, 1.82) is 0 Å². The maximum absolute atomic E-state index is 12.1. The second kappa shape index (κ2) is 5.32. The van der Waals surface area contributed by atoms with Crippen LogP contribution in [0.2, 0.25) is 0 Å². The number of carboxylic acid groups (broad SMARTS) is 1. The van der Waals surface area contributed by atoms with Crippen molar-refractivity contribution >= 4 is 17.5 Å². The summed E-state index contributed by atoms with van der Waals surface area (Å²) in [5.74, 6) is -1.35. The molecule has 6 heteroatoms. The number of rotatable bonds is 4. The normalized spacial score (nSPS) is 10.8. The molecule has 0 aliphatic carbocycles. The Labute approximate surface area is 116 Å². The van der Waals surface area contributed by atoms with Crippen molar-refractivity contribution in [1.82, 2.24) is 14.3 Å². The molecule has 0 atom stereocenters. The molecule has 2 aromatic rings. The summed E-state index contributed by atoms with van der Waals surface area (Å²) >= 11 is 0. The van der Waals surface area contributed by atoms with Crippen LogP contribution < -0.4 is 0 Å². The van der Waals surface area contributed by atoms with Gasteiger partial charge in [0.25, 0.3) is 5.91 Å². The Hall–Kier alpha value is -2.37. The van der Waals surface area contributed by atoms with E-state index >= 15 is 0 Å². The maximum atomic E-state index is 12.1. The van der Waals surface area contributed by atoms with Crippen molar-refractivity contribution in [3.05, 3.63) is 35.3 Å². The maximum Gasteiger partial charge on any atom is 0.323 e. The largest absolute Gasteiger partial charge is 0.480 e. The number of pyridine rings is 1. The van der Waals surface area contributed by atoms with Gasteiger partial charge in [0.2, 0.25) is 0 Å². The standard InChI is InChI=1S/C14H17N3O3/c1-4-11-9(2)17-7-10(5-6-12(17)15-11)14(20)16(3)8-13(18)19/h5-7H,4,8H2,1-3H3,(H,18,19). The minimum Gasteiger partial charge on any atom is -0.480 e. The molecule has 0 radical (unpaired) electrons. The molecule has 20 heavy (non-hydrogen) atoms. The van der Waals surface area contributed by atoms with Crippen molar-refractivity contribution in [2.75, 3.05) is 13.6 Å². The van der Waals surface area contributed by atoms with Crippen LogP contribution in [0.1, 0.15) is 28.7 Å². The smallest absolute Gasteiger partial charge is 0.323 e. The molecule has 106 valence electrons. The minimum atomic E-state index is -1.03. The molecule has 0 aliphatic heterocycles. The second-order valence-corrected chi connectivity index (χ2v) is 4.70. The summed E-state index contributed by atoms with van der Waals surface area (Å²) in [5.41, 5.74) is 3.23. The minimum absolute atomic E-state index is 0.319. The molecule has 0 unspecified atom stereocenters. The SMILES string of the molecule is CCc1nc2ccc(C(=O)N(C)CC(=O)O)cn2c1C. The summed E-state index contributed by atoms with van der Waals surface area (Å²) in [6, 6.07) is 3.44. The number of hydrogen-bond acceptors (Lipinski definition) is 3. The Morgan fingerprint density at radius 2 is 2.10 bits per heavy atom. The first kappa shape index (κ1) is 14.0. The first-order valence-electron chi connectivity index (χ1n) is 6.39. The molecule has 0 saturated heterocycles. The van der Waals surface area contributed by atoms with Crippen LogP contribution in [0.3, 0.4) is 0 Å². The van der Waals surface area contributed by atoms with Gasteiger partial charge in [0, 0.05) is 18.9 Å². The van der Waals surface area contributed by atoms with Gasteiger partial charge in [-0.25, -0.2) is 4.98 Å². The molecule has 6 nitrogen and oxygen atoms in total. The van der Waals surface area contributed by atoms with E-state index in [0.717, 1.165) is 23.5 Å². The molecule has 0 aromatic carbocycles. The molecule has 0 saturated carbocycles. The molecule has 1 amide bonds. The number of carboxylic acids is 1. The number of fused-ring (bicyclic) bond motifs is 1. The lowest BCUT2D eigenvalue weighted by atomic mass is 10.2. The quantitative estimate of drug-likeness (QED) is 0.914. The van der Waals surface area contributed by atoms with E-state index in [0.29, 0.717) is 5.56 Å². The zero-order valence-corrected chi connectivity index (χ0v) is 11.8. The van der Waals surface area contributed by atoms with Crippen molar-refractivity contribution in [2.45, 2.75) is 20.3 Å². The fourth-order valence-electron chi connectivity index (χ4n) is 2.17. The highest BCUT2D eigenvalue weighted by atomic mass is 16.4. The van der Waals surface area contributed by atoms with Crippen molar-refractivity contribution in [3.63, 3.8) is 0 Å². The van der Waals surface area contributed by atoms with Crippen LogP contribution in [0.15, 0.2) is 18.3 Å². The van der Waals surface area contributed by atoms with E-state index in [-0.39, 0.29) is 12.5 Å². The number of carbonyl (C=O) groups excluding carboxylic acids is 1. The Morgan fingerprint density at radius 3 is 2.70 bits per heavy atom.